The lowest BCUT2D eigenvalue weighted by Gasteiger charge is -2.09. The van der Waals surface area contributed by atoms with Crippen molar-refractivity contribution < 1.29 is 14.8 Å². The van der Waals surface area contributed by atoms with Gasteiger partial charge in [-0.25, -0.2) is 0 Å². The molecule has 0 bridgehead atoms. The zero-order valence-corrected chi connectivity index (χ0v) is 10.2. The molecule has 0 spiro atoms. The molecule has 1 rings (SSSR count). The summed E-state index contributed by atoms with van der Waals surface area (Å²) in [4.78, 5) is 10.3. The van der Waals surface area contributed by atoms with Crippen molar-refractivity contribution in [3.63, 3.8) is 0 Å². The minimum atomic E-state index is -0.626. The van der Waals surface area contributed by atoms with Crippen molar-refractivity contribution in [3.05, 3.63) is 38.9 Å². The Hall–Kier alpha value is -1.17. The van der Waals surface area contributed by atoms with Crippen molar-refractivity contribution in [1.29, 1.82) is 0 Å². The van der Waals surface area contributed by atoms with Gasteiger partial charge in [-0.15, -0.1) is 0 Å². The number of nitro benzene ring substituents is 1. The van der Waals surface area contributed by atoms with Crippen LogP contribution >= 0.6 is 11.6 Å². The van der Waals surface area contributed by atoms with Crippen LogP contribution in [0.1, 0.15) is 12.0 Å². The van der Waals surface area contributed by atoms with Crippen LogP contribution < -0.4 is 0 Å². The van der Waals surface area contributed by atoms with E-state index in [0.717, 1.165) is 0 Å². The van der Waals surface area contributed by atoms with Crippen LogP contribution in [0.5, 0.6) is 0 Å². The highest BCUT2D eigenvalue weighted by molar-refractivity contribution is 6.30. The van der Waals surface area contributed by atoms with Gasteiger partial charge in [0.15, 0.2) is 0 Å². The summed E-state index contributed by atoms with van der Waals surface area (Å²) in [5, 5.41) is 20.7. The quantitative estimate of drug-likeness (QED) is 0.628. The van der Waals surface area contributed by atoms with Crippen LogP contribution in [-0.2, 0) is 11.2 Å². The highest BCUT2D eigenvalue weighted by Crippen LogP contribution is 2.24. The molecule has 94 valence electrons. The summed E-state index contributed by atoms with van der Waals surface area (Å²) in [7, 11) is 1.49. The molecule has 0 fully saturated rings. The SMILES string of the molecule is COCC(O)CCc1cc(Cl)ccc1[N+](=O)[O-]. The zero-order chi connectivity index (χ0) is 12.8. The summed E-state index contributed by atoms with van der Waals surface area (Å²) in [5.41, 5.74) is 0.552. The summed E-state index contributed by atoms with van der Waals surface area (Å²) in [5.74, 6) is 0. The maximum atomic E-state index is 10.8. The highest BCUT2D eigenvalue weighted by Gasteiger charge is 2.15. The average Bonchev–Trinajstić information content (AvgIpc) is 2.26. The first-order valence-corrected chi connectivity index (χ1v) is 5.52. The van der Waals surface area contributed by atoms with Crippen molar-refractivity contribution in [1.82, 2.24) is 0 Å². The molecular formula is C11H14ClNO4. The van der Waals surface area contributed by atoms with Gasteiger partial charge in [0.25, 0.3) is 5.69 Å². The number of halogens is 1. The number of nitro groups is 1. The predicted octanol–water partition coefficient (Wildman–Crippen LogP) is 2.19. The molecule has 0 aliphatic heterocycles. The number of rotatable bonds is 6. The average molecular weight is 260 g/mol. The van der Waals surface area contributed by atoms with Gasteiger partial charge in [0.1, 0.15) is 0 Å². The molecule has 17 heavy (non-hydrogen) atoms. The Kier molecular flexibility index (Phi) is 5.34. The van der Waals surface area contributed by atoms with E-state index in [0.29, 0.717) is 23.4 Å². The molecule has 0 aromatic heterocycles. The fourth-order valence-corrected chi connectivity index (χ4v) is 1.72. The third kappa shape index (κ3) is 4.30. The summed E-state index contributed by atoms with van der Waals surface area (Å²) >= 11 is 5.79. The monoisotopic (exact) mass is 259 g/mol. The van der Waals surface area contributed by atoms with Crippen molar-refractivity contribution in [2.24, 2.45) is 0 Å². The van der Waals surface area contributed by atoms with E-state index in [1.54, 1.807) is 6.07 Å². The van der Waals surface area contributed by atoms with E-state index in [2.05, 4.69) is 0 Å². The fraction of sp³-hybridized carbons (Fsp3) is 0.455. The Bertz CT molecular complexity index is 397. The second kappa shape index (κ2) is 6.54. The van der Waals surface area contributed by atoms with Crippen molar-refractivity contribution in [3.8, 4) is 0 Å². The number of benzene rings is 1. The molecule has 5 nitrogen and oxygen atoms in total. The molecule has 0 aliphatic rings. The third-order valence-corrected chi connectivity index (χ3v) is 2.58. The van der Waals surface area contributed by atoms with Gasteiger partial charge in [0.2, 0.25) is 0 Å². The van der Waals surface area contributed by atoms with Crippen LogP contribution in [0.3, 0.4) is 0 Å². The van der Waals surface area contributed by atoms with E-state index in [-0.39, 0.29) is 12.3 Å². The van der Waals surface area contributed by atoms with Gasteiger partial charge < -0.3 is 9.84 Å². The highest BCUT2D eigenvalue weighted by atomic mass is 35.5. The van der Waals surface area contributed by atoms with Crippen LogP contribution in [0.15, 0.2) is 18.2 Å². The van der Waals surface area contributed by atoms with Crippen LogP contribution in [-0.4, -0.2) is 29.9 Å². The Labute approximate surface area is 104 Å². The first-order valence-electron chi connectivity index (χ1n) is 5.14. The number of hydrogen-bond donors (Lipinski definition) is 1. The molecule has 1 N–H and O–H groups in total. The number of aliphatic hydroxyl groups excluding tert-OH is 1. The minimum Gasteiger partial charge on any atom is -0.391 e. The van der Waals surface area contributed by atoms with Gasteiger partial charge in [-0.1, -0.05) is 11.6 Å². The maximum Gasteiger partial charge on any atom is 0.272 e. The minimum absolute atomic E-state index is 0.0269. The van der Waals surface area contributed by atoms with Crippen molar-refractivity contribution in [2.45, 2.75) is 18.9 Å². The largest absolute Gasteiger partial charge is 0.391 e. The van der Waals surface area contributed by atoms with Gasteiger partial charge in [-0.05, 0) is 25.0 Å². The van der Waals surface area contributed by atoms with Crippen molar-refractivity contribution >= 4 is 17.3 Å². The Balaban J connectivity index is 2.75. The molecule has 1 aromatic rings. The molecule has 0 saturated heterocycles. The third-order valence-electron chi connectivity index (χ3n) is 2.34. The predicted molar refractivity (Wildman–Crippen MR) is 64.3 cm³/mol. The molecule has 1 unspecified atom stereocenters. The van der Waals surface area contributed by atoms with E-state index in [9.17, 15) is 15.2 Å². The summed E-state index contributed by atoms with van der Waals surface area (Å²) in [6, 6.07) is 4.41. The summed E-state index contributed by atoms with van der Waals surface area (Å²) in [6.07, 6.45) is 0.162. The molecule has 0 heterocycles. The van der Waals surface area contributed by atoms with Crippen molar-refractivity contribution in [2.75, 3.05) is 13.7 Å². The number of nitrogens with zero attached hydrogens (tertiary/aromatic N) is 1. The number of hydrogen-bond acceptors (Lipinski definition) is 4. The van der Waals surface area contributed by atoms with Gasteiger partial charge in [-0.3, -0.25) is 10.1 Å². The van der Waals surface area contributed by atoms with Crippen LogP contribution in [0.4, 0.5) is 5.69 Å². The normalized spacial score (nSPS) is 12.4. The van der Waals surface area contributed by atoms with E-state index < -0.39 is 11.0 Å². The summed E-state index contributed by atoms with van der Waals surface area (Å²) in [6.45, 7) is 0.217. The maximum absolute atomic E-state index is 10.8. The van der Waals surface area contributed by atoms with Gasteiger partial charge >= 0.3 is 0 Å². The van der Waals surface area contributed by atoms with E-state index >= 15 is 0 Å². The van der Waals surface area contributed by atoms with Crippen LogP contribution in [0, 0.1) is 10.1 Å². The molecule has 6 heteroatoms. The fourth-order valence-electron chi connectivity index (χ4n) is 1.53. The Morgan fingerprint density at radius 2 is 2.29 bits per heavy atom. The molecular weight excluding hydrogens is 246 g/mol. The topological polar surface area (TPSA) is 72.6 Å². The Morgan fingerprint density at radius 1 is 1.59 bits per heavy atom. The smallest absolute Gasteiger partial charge is 0.272 e. The number of methoxy groups -OCH3 is 1. The first-order chi connectivity index (χ1) is 8.04. The zero-order valence-electron chi connectivity index (χ0n) is 9.43. The molecule has 1 atom stereocenters. The van der Waals surface area contributed by atoms with E-state index in [1.807, 2.05) is 0 Å². The van der Waals surface area contributed by atoms with E-state index in [1.165, 1.54) is 19.2 Å². The molecule has 0 amide bonds. The van der Waals surface area contributed by atoms with Gasteiger partial charge in [-0.2, -0.15) is 0 Å². The molecule has 0 aliphatic carbocycles. The lowest BCUT2D eigenvalue weighted by Crippen LogP contribution is -2.15. The first kappa shape index (κ1) is 13.9. The number of aliphatic hydroxyl groups is 1. The second-order valence-corrected chi connectivity index (χ2v) is 4.11. The Morgan fingerprint density at radius 3 is 2.88 bits per heavy atom. The van der Waals surface area contributed by atoms with Crippen LogP contribution in [0.2, 0.25) is 5.02 Å². The molecule has 0 radical (unpaired) electrons. The second-order valence-electron chi connectivity index (χ2n) is 3.68. The van der Waals surface area contributed by atoms with E-state index in [4.69, 9.17) is 16.3 Å². The number of aryl methyl sites for hydroxylation is 1. The van der Waals surface area contributed by atoms with Gasteiger partial charge in [0, 0.05) is 23.8 Å². The lowest BCUT2D eigenvalue weighted by molar-refractivity contribution is -0.385. The standard InChI is InChI=1S/C11H14ClNO4/c1-17-7-10(14)4-2-8-6-9(12)3-5-11(8)13(15)16/h3,5-6,10,14H,2,4,7H2,1H3. The van der Waals surface area contributed by atoms with Gasteiger partial charge in [0.05, 0.1) is 17.6 Å². The summed E-state index contributed by atoms with van der Waals surface area (Å²) < 4.78 is 4.78. The lowest BCUT2D eigenvalue weighted by atomic mass is 10.1. The molecule has 1 aromatic carbocycles. The molecule has 0 saturated carbocycles. The van der Waals surface area contributed by atoms with Crippen LogP contribution in [0.25, 0.3) is 0 Å². The number of ether oxygens (including phenoxy) is 1.